The summed E-state index contributed by atoms with van der Waals surface area (Å²) in [5.74, 6) is -0.835. The number of ketones is 1. The van der Waals surface area contributed by atoms with Gasteiger partial charge in [0, 0.05) is 23.2 Å². The molecule has 152 valence electrons. The van der Waals surface area contributed by atoms with Crippen molar-refractivity contribution in [3.8, 4) is 0 Å². The first-order valence-corrected chi connectivity index (χ1v) is 10.1. The normalized spacial score (nSPS) is 20.0. The molecule has 1 heterocycles. The fraction of sp³-hybridized carbons (Fsp3) is 0.375. The monoisotopic (exact) mass is 393 g/mol. The molecule has 0 N–H and O–H groups in total. The molecule has 0 bridgehead atoms. The fourth-order valence-corrected chi connectivity index (χ4v) is 3.86. The largest absolute Gasteiger partial charge is 0.449 e. The Morgan fingerprint density at radius 3 is 1.97 bits per heavy atom. The Balaban J connectivity index is 1.64. The summed E-state index contributed by atoms with van der Waals surface area (Å²) in [7, 11) is 0. The minimum atomic E-state index is -0.851. The van der Waals surface area contributed by atoms with Gasteiger partial charge in [-0.3, -0.25) is 9.59 Å². The number of nitrogens with zero attached hydrogens (tertiary/aromatic N) is 1. The Labute approximate surface area is 171 Å². The van der Waals surface area contributed by atoms with Crippen molar-refractivity contribution >= 4 is 17.7 Å². The summed E-state index contributed by atoms with van der Waals surface area (Å²) in [4.78, 5) is 39.6. The van der Waals surface area contributed by atoms with E-state index < -0.39 is 12.1 Å². The van der Waals surface area contributed by atoms with Gasteiger partial charge in [-0.2, -0.15) is 0 Å². The highest BCUT2D eigenvalue weighted by Gasteiger charge is 2.33. The highest BCUT2D eigenvalue weighted by atomic mass is 16.5. The molecule has 2 aromatic carbocycles. The van der Waals surface area contributed by atoms with E-state index in [2.05, 4.69) is 0 Å². The third-order valence-corrected chi connectivity index (χ3v) is 5.50. The zero-order valence-electron chi connectivity index (χ0n) is 17.1. The predicted molar refractivity (Wildman–Crippen MR) is 111 cm³/mol. The van der Waals surface area contributed by atoms with Crippen molar-refractivity contribution in [3.05, 3.63) is 71.3 Å². The van der Waals surface area contributed by atoms with Crippen molar-refractivity contribution in [2.24, 2.45) is 0 Å². The number of rotatable bonds is 5. The number of piperidine rings is 1. The van der Waals surface area contributed by atoms with Crippen LogP contribution in [0.4, 0.5) is 0 Å². The third-order valence-electron chi connectivity index (χ3n) is 5.50. The molecule has 5 nitrogen and oxygen atoms in total. The second kappa shape index (κ2) is 9.03. The summed E-state index contributed by atoms with van der Waals surface area (Å²) in [6.45, 7) is 5.68. The van der Waals surface area contributed by atoms with Crippen LogP contribution < -0.4 is 0 Å². The highest BCUT2D eigenvalue weighted by Crippen LogP contribution is 2.24. The molecule has 1 amide bonds. The molecular formula is C24H27NO4. The van der Waals surface area contributed by atoms with Crippen molar-refractivity contribution in [1.82, 2.24) is 4.90 Å². The lowest BCUT2D eigenvalue weighted by Gasteiger charge is -2.40. The lowest BCUT2D eigenvalue weighted by Crippen LogP contribution is -2.51. The van der Waals surface area contributed by atoms with Crippen LogP contribution in [0.1, 0.15) is 66.3 Å². The molecule has 29 heavy (non-hydrogen) atoms. The summed E-state index contributed by atoms with van der Waals surface area (Å²) >= 11 is 0. The molecule has 3 atom stereocenters. The molecule has 1 aliphatic heterocycles. The molecule has 3 rings (SSSR count). The van der Waals surface area contributed by atoms with E-state index in [-0.39, 0.29) is 23.8 Å². The van der Waals surface area contributed by atoms with Crippen molar-refractivity contribution in [1.29, 1.82) is 0 Å². The van der Waals surface area contributed by atoms with Crippen molar-refractivity contribution in [2.45, 2.75) is 58.2 Å². The van der Waals surface area contributed by atoms with E-state index in [4.69, 9.17) is 4.74 Å². The molecule has 0 aromatic heterocycles. The smallest absolute Gasteiger partial charge is 0.338 e. The van der Waals surface area contributed by atoms with Crippen LogP contribution >= 0.6 is 0 Å². The van der Waals surface area contributed by atoms with E-state index in [1.807, 2.05) is 24.8 Å². The number of ether oxygens (including phenoxy) is 1. The van der Waals surface area contributed by atoms with Crippen LogP contribution in [0.2, 0.25) is 0 Å². The Bertz CT molecular complexity index is 866. The van der Waals surface area contributed by atoms with Crippen molar-refractivity contribution < 1.29 is 19.1 Å². The second-order valence-corrected chi connectivity index (χ2v) is 7.69. The van der Waals surface area contributed by atoms with E-state index in [1.165, 1.54) is 0 Å². The molecule has 0 radical (unpaired) electrons. The summed E-state index contributed by atoms with van der Waals surface area (Å²) in [6.07, 6.45) is 2.19. The van der Waals surface area contributed by atoms with Gasteiger partial charge in [-0.15, -0.1) is 0 Å². The van der Waals surface area contributed by atoms with Crippen LogP contribution in [-0.4, -0.2) is 40.7 Å². The van der Waals surface area contributed by atoms with Crippen molar-refractivity contribution in [2.75, 3.05) is 0 Å². The van der Waals surface area contributed by atoms with E-state index in [1.54, 1.807) is 55.5 Å². The number of benzene rings is 2. The Morgan fingerprint density at radius 2 is 1.38 bits per heavy atom. The third kappa shape index (κ3) is 4.73. The van der Waals surface area contributed by atoms with Crippen LogP contribution in [0.15, 0.2) is 54.6 Å². The number of esters is 1. The molecule has 5 heteroatoms. The summed E-state index contributed by atoms with van der Waals surface area (Å²) < 4.78 is 5.42. The average molecular weight is 393 g/mol. The van der Waals surface area contributed by atoms with E-state index in [0.29, 0.717) is 16.7 Å². The predicted octanol–water partition coefficient (Wildman–Crippen LogP) is 4.25. The van der Waals surface area contributed by atoms with Crippen LogP contribution in [-0.2, 0) is 9.53 Å². The quantitative estimate of drug-likeness (QED) is 0.563. The number of carbonyl (C=O) groups excluding carboxylic acids is 3. The molecule has 0 saturated carbocycles. The van der Waals surface area contributed by atoms with Crippen LogP contribution in [0.5, 0.6) is 0 Å². The number of hydrogen-bond donors (Lipinski definition) is 0. The maximum Gasteiger partial charge on any atom is 0.338 e. The van der Waals surface area contributed by atoms with Gasteiger partial charge in [0.1, 0.15) is 0 Å². The Kier molecular flexibility index (Phi) is 6.47. The molecule has 0 aliphatic carbocycles. The second-order valence-electron chi connectivity index (χ2n) is 7.69. The fourth-order valence-electron chi connectivity index (χ4n) is 3.86. The van der Waals surface area contributed by atoms with Gasteiger partial charge >= 0.3 is 5.97 Å². The van der Waals surface area contributed by atoms with Crippen LogP contribution in [0.25, 0.3) is 0 Å². The molecule has 1 fully saturated rings. The molecule has 1 saturated heterocycles. The highest BCUT2D eigenvalue weighted by molar-refractivity contribution is 6.09. The first-order chi connectivity index (χ1) is 13.9. The summed E-state index contributed by atoms with van der Waals surface area (Å²) in [5, 5.41) is 0. The van der Waals surface area contributed by atoms with E-state index in [0.717, 1.165) is 19.3 Å². The minimum absolute atomic E-state index is 0.109. The zero-order chi connectivity index (χ0) is 21.0. The van der Waals surface area contributed by atoms with Gasteiger partial charge in [0.05, 0.1) is 5.56 Å². The molecule has 2 aromatic rings. The lowest BCUT2D eigenvalue weighted by atomic mass is 9.97. The summed E-state index contributed by atoms with van der Waals surface area (Å²) in [5.41, 5.74) is 1.40. The molecule has 1 aliphatic rings. The first kappa shape index (κ1) is 20.8. The van der Waals surface area contributed by atoms with Gasteiger partial charge in [0.2, 0.25) is 0 Å². The summed E-state index contributed by atoms with van der Waals surface area (Å²) in [6, 6.07) is 15.6. The number of amides is 1. The van der Waals surface area contributed by atoms with Gasteiger partial charge in [0.15, 0.2) is 11.9 Å². The van der Waals surface area contributed by atoms with Gasteiger partial charge in [-0.1, -0.05) is 42.5 Å². The lowest BCUT2D eigenvalue weighted by molar-refractivity contribution is -0.146. The number of carbonyl (C=O) groups is 3. The Morgan fingerprint density at radius 1 is 0.862 bits per heavy atom. The topological polar surface area (TPSA) is 63.7 Å². The van der Waals surface area contributed by atoms with E-state index >= 15 is 0 Å². The van der Waals surface area contributed by atoms with Gasteiger partial charge in [0.25, 0.3) is 5.91 Å². The van der Waals surface area contributed by atoms with Crippen LogP contribution in [0, 0.1) is 0 Å². The van der Waals surface area contributed by atoms with Crippen LogP contribution in [0.3, 0.4) is 0 Å². The number of hydrogen-bond acceptors (Lipinski definition) is 4. The molecular weight excluding hydrogens is 366 g/mol. The molecule has 0 spiro atoms. The van der Waals surface area contributed by atoms with Crippen molar-refractivity contribution in [3.63, 3.8) is 0 Å². The Hall–Kier alpha value is -2.95. The van der Waals surface area contributed by atoms with E-state index in [9.17, 15) is 14.4 Å². The minimum Gasteiger partial charge on any atom is -0.449 e. The SMILES string of the molecule is C[C@@H]1CCC[C@@H](C)N1C(=O)[C@@H](C)OC(=O)c1ccc(C(=O)c2ccccc2)cc1. The average Bonchev–Trinajstić information content (AvgIpc) is 2.73. The van der Waals surface area contributed by atoms with Gasteiger partial charge in [-0.25, -0.2) is 4.79 Å². The van der Waals surface area contributed by atoms with Gasteiger partial charge in [-0.05, 0) is 52.2 Å². The maximum atomic E-state index is 12.8. The van der Waals surface area contributed by atoms with Gasteiger partial charge < -0.3 is 9.64 Å². The molecule has 0 unspecified atom stereocenters. The maximum absolute atomic E-state index is 12.8. The standard InChI is InChI=1S/C24H27NO4/c1-16-8-7-9-17(2)25(16)23(27)18(3)29-24(28)21-14-12-20(13-15-21)22(26)19-10-5-4-6-11-19/h4-6,10-18H,7-9H2,1-3H3/t16-,17-,18-/m1/s1. The zero-order valence-corrected chi connectivity index (χ0v) is 17.1. The number of likely N-dealkylation sites (tertiary alicyclic amines) is 1. The first-order valence-electron chi connectivity index (χ1n) is 10.1.